The largest absolute Gasteiger partial charge is 0.272 e. The van der Waals surface area contributed by atoms with Crippen molar-refractivity contribution in [3.05, 3.63) is 71.8 Å². The van der Waals surface area contributed by atoms with Crippen LogP contribution in [0.3, 0.4) is 0 Å². The smallest absolute Gasteiger partial charge is 0.254 e. The van der Waals surface area contributed by atoms with Crippen LogP contribution in [-0.4, -0.2) is 23.0 Å². The first kappa shape index (κ1) is 16.7. The zero-order valence-corrected chi connectivity index (χ0v) is 16.1. The highest BCUT2D eigenvalue weighted by atomic mass is 16.2. The summed E-state index contributed by atoms with van der Waals surface area (Å²) in [4.78, 5) is 25.9. The molecule has 4 atom stereocenters. The van der Waals surface area contributed by atoms with E-state index in [4.69, 9.17) is 0 Å². The van der Waals surface area contributed by atoms with Crippen LogP contribution in [0.4, 0.5) is 0 Å². The summed E-state index contributed by atoms with van der Waals surface area (Å²) in [6.07, 6.45) is 6.84. The number of amides is 2. The number of imide groups is 1. The number of fused-ring (bicyclic) bond motifs is 7. The lowest BCUT2D eigenvalue weighted by molar-refractivity contribution is -0.140. The molecule has 4 heteroatoms. The number of hydrazone groups is 1. The summed E-state index contributed by atoms with van der Waals surface area (Å²) in [7, 11) is 0. The minimum atomic E-state index is -0.221. The number of hydrogen-bond acceptors (Lipinski definition) is 3. The van der Waals surface area contributed by atoms with Crippen LogP contribution in [0.1, 0.15) is 17.5 Å². The van der Waals surface area contributed by atoms with Crippen molar-refractivity contribution in [1.82, 2.24) is 5.01 Å². The highest BCUT2D eigenvalue weighted by Gasteiger charge is 2.59. The molecule has 0 N–H and O–H groups in total. The number of hydrogen-bond donors (Lipinski definition) is 0. The van der Waals surface area contributed by atoms with Crippen LogP contribution in [0, 0.1) is 30.6 Å². The third-order valence-corrected chi connectivity index (χ3v) is 6.99. The summed E-state index contributed by atoms with van der Waals surface area (Å²) in [5, 5.41) is 10.0. The number of rotatable bonds is 2. The minimum absolute atomic E-state index is 0.145. The van der Waals surface area contributed by atoms with E-state index in [0.29, 0.717) is 0 Å². The SMILES string of the molecule is Cc1c2ccccc2c(/C=N\N2C(=O)[C@@H]3[C@H](C2=O)[C@H]2C=C[C@H]3C2)c2ccccc12. The molecule has 1 saturated carbocycles. The fourth-order valence-electron chi connectivity index (χ4n) is 5.64. The van der Waals surface area contributed by atoms with Crippen molar-refractivity contribution in [3.8, 4) is 0 Å². The second-order valence-electron chi connectivity index (χ2n) is 8.36. The van der Waals surface area contributed by atoms with Gasteiger partial charge in [-0.2, -0.15) is 10.1 Å². The maximum atomic E-state index is 12.9. The minimum Gasteiger partial charge on any atom is -0.272 e. The van der Waals surface area contributed by atoms with Gasteiger partial charge in [0.2, 0.25) is 0 Å². The Balaban J connectivity index is 1.48. The van der Waals surface area contributed by atoms with E-state index in [-0.39, 0.29) is 35.5 Å². The average molecular weight is 380 g/mol. The molecule has 2 aliphatic carbocycles. The Morgan fingerprint density at radius 2 is 1.31 bits per heavy atom. The lowest BCUT2D eigenvalue weighted by atomic mass is 9.85. The van der Waals surface area contributed by atoms with Gasteiger partial charge >= 0.3 is 0 Å². The fraction of sp³-hybridized carbons (Fsp3) is 0.240. The lowest BCUT2D eigenvalue weighted by Gasteiger charge is -2.14. The third-order valence-electron chi connectivity index (χ3n) is 6.99. The summed E-state index contributed by atoms with van der Waals surface area (Å²) in [5.41, 5.74) is 2.17. The maximum Gasteiger partial charge on any atom is 0.254 e. The second-order valence-corrected chi connectivity index (χ2v) is 8.36. The first-order valence-electron chi connectivity index (χ1n) is 10.2. The topological polar surface area (TPSA) is 49.7 Å². The summed E-state index contributed by atoms with van der Waals surface area (Å²) in [6, 6.07) is 16.4. The molecule has 6 rings (SSSR count). The van der Waals surface area contributed by atoms with E-state index in [1.54, 1.807) is 6.21 Å². The predicted molar refractivity (Wildman–Crippen MR) is 113 cm³/mol. The van der Waals surface area contributed by atoms with Gasteiger partial charge in [0.1, 0.15) is 0 Å². The molecule has 3 aromatic rings. The van der Waals surface area contributed by atoms with Crippen LogP contribution in [-0.2, 0) is 9.59 Å². The summed E-state index contributed by atoms with van der Waals surface area (Å²) < 4.78 is 0. The Kier molecular flexibility index (Phi) is 3.37. The van der Waals surface area contributed by atoms with Crippen LogP contribution in [0.25, 0.3) is 21.5 Å². The first-order chi connectivity index (χ1) is 14.1. The molecule has 2 fully saturated rings. The van der Waals surface area contributed by atoms with Gasteiger partial charge < -0.3 is 0 Å². The van der Waals surface area contributed by atoms with Crippen molar-refractivity contribution in [2.24, 2.45) is 28.8 Å². The van der Waals surface area contributed by atoms with Crippen LogP contribution in [0.15, 0.2) is 65.8 Å². The quantitative estimate of drug-likeness (QED) is 0.286. The summed E-state index contributed by atoms with van der Waals surface area (Å²) in [6.45, 7) is 2.13. The number of allylic oxidation sites excluding steroid dienone is 2. The Labute approximate surface area is 168 Å². The molecule has 0 spiro atoms. The molecule has 3 aliphatic rings. The van der Waals surface area contributed by atoms with E-state index in [1.165, 1.54) is 5.56 Å². The Morgan fingerprint density at radius 3 is 1.83 bits per heavy atom. The molecule has 29 heavy (non-hydrogen) atoms. The standard InChI is InChI=1S/C25H20N2O2/c1-14-17-6-2-4-8-19(17)21(20-9-5-3-7-18(14)20)13-26-27-24(28)22-15-10-11-16(12-15)23(22)25(27)29/h2-11,13,15-16,22-23H,12H2,1H3/b26-13-/t15-,16-,22-,23+/m0/s1. The van der Waals surface area contributed by atoms with E-state index >= 15 is 0 Å². The summed E-state index contributed by atoms with van der Waals surface area (Å²) >= 11 is 0. The number of aryl methyl sites for hydroxylation is 1. The number of carbonyl (C=O) groups excluding carboxylic acids is 2. The van der Waals surface area contributed by atoms with Crippen molar-refractivity contribution in [2.75, 3.05) is 0 Å². The molecule has 2 amide bonds. The van der Waals surface area contributed by atoms with E-state index in [9.17, 15) is 9.59 Å². The third kappa shape index (κ3) is 2.17. The first-order valence-corrected chi connectivity index (χ1v) is 10.2. The van der Waals surface area contributed by atoms with E-state index < -0.39 is 0 Å². The van der Waals surface area contributed by atoms with Gasteiger partial charge in [-0.15, -0.1) is 0 Å². The van der Waals surface area contributed by atoms with E-state index in [2.05, 4.69) is 48.4 Å². The van der Waals surface area contributed by atoms with Crippen LogP contribution in [0.2, 0.25) is 0 Å². The Hall–Kier alpha value is -3.27. The Morgan fingerprint density at radius 1 is 0.828 bits per heavy atom. The van der Waals surface area contributed by atoms with Gasteiger partial charge in [-0.25, -0.2) is 0 Å². The molecule has 0 radical (unpaired) electrons. The average Bonchev–Trinajstić information content (AvgIpc) is 3.43. The number of nitrogens with zero attached hydrogens (tertiary/aromatic N) is 2. The van der Waals surface area contributed by atoms with Crippen molar-refractivity contribution in [2.45, 2.75) is 13.3 Å². The highest BCUT2D eigenvalue weighted by molar-refractivity contribution is 6.16. The molecule has 0 aromatic heterocycles. The van der Waals surface area contributed by atoms with Gasteiger partial charge in [-0.1, -0.05) is 60.7 Å². The molecule has 1 heterocycles. The molecular weight excluding hydrogens is 360 g/mol. The van der Waals surface area contributed by atoms with Gasteiger partial charge in [0.15, 0.2) is 0 Å². The lowest BCUT2D eigenvalue weighted by Crippen LogP contribution is -2.28. The van der Waals surface area contributed by atoms with Crippen molar-refractivity contribution in [3.63, 3.8) is 0 Å². The molecule has 142 valence electrons. The highest BCUT2D eigenvalue weighted by Crippen LogP contribution is 2.52. The molecule has 1 aliphatic heterocycles. The van der Waals surface area contributed by atoms with Crippen molar-refractivity contribution >= 4 is 39.6 Å². The van der Waals surface area contributed by atoms with Gasteiger partial charge in [0, 0.05) is 5.56 Å². The molecule has 1 saturated heterocycles. The van der Waals surface area contributed by atoms with Gasteiger partial charge in [-0.3, -0.25) is 9.59 Å². The number of carbonyl (C=O) groups is 2. The van der Waals surface area contributed by atoms with Crippen LogP contribution >= 0.6 is 0 Å². The Bertz CT molecular complexity index is 1190. The van der Waals surface area contributed by atoms with Gasteiger partial charge in [0.05, 0.1) is 18.1 Å². The van der Waals surface area contributed by atoms with Crippen LogP contribution in [0.5, 0.6) is 0 Å². The fourth-order valence-corrected chi connectivity index (χ4v) is 5.64. The van der Waals surface area contributed by atoms with Crippen molar-refractivity contribution in [1.29, 1.82) is 0 Å². The van der Waals surface area contributed by atoms with Gasteiger partial charge in [0.25, 0.3) is 11.8 Å². The molecular formula is C25H20N2O2. The monoisotopic (exact) mass is 380 g/mol. The molecule has 2 bridgehead atoms. The predicted octanol–water partition coefficient (Wildman–Crippen LogP) is 4.44. The molecule has 0 unspecified atom stereocenters. The zero-order chi connectivity index (χ0) is 19.7. The van der Waals surface area contributed by atoms with Crippen molar-refractivity contribution < 1.29 is 9.59 Å². The second kappa shape index (κ2) is 5.86. The van der Waals surface area contributed by atoms with Gasteiger partial charge in [-0.05, 0) is 52.3 Å². The van der Waals surface area contributed by atoms with E-state index in [0.717, 1.165) is 38.5 Å². The zero-order valence-electron chi connectivity index (χ0n) is 16.1. The van der Waals surface area contributed by atoms with Crippen LogP contribution < -0.4 is 0 Å². The normalized spacial score (nSPS) is 27.8. The van der Waals surface area contributed by atoms with E-state index in [1.807, 2.05) is 24.3 Å². The number of benzene rings is 3. The maximum absolute atomic E-state index is 12.9. The molecule has 4 nitrogen and oxygen atoms in total. The molecule has 3 aromatic carbocycles. The summed E-state index contributed by atoms with van der Waals surface area (Å²) in [5.74, 6) is -0.338.